The number of rotatable bonds is 17. The summed E-state index contributed by atoms with van der Waals surface area (Å²) in [5.74, 6) is 0.312. The normalized spacial score (nSPS) is 11.4. The Labute approximate surface area is 252 Å². The smallest absolute Gasteiger partial charge is 0.333 e. The highest BCUT2D eigenvalue weighted by Gasteiger charge is 2.24. The van der Waals surface area contributed by atoms with Crippen LogP contribution in [0.4, 0.5) is 0 Å². The minimum absolute atomic E-state index is 0.179. The van der Waals surface area contributed by atoms with Gasteiger partial charge < -0.3 is 19.7 Å². The van der Waals surface area contributed by atoms with E-state index >= 15 is 0 Å². The summed E-state index contributed by atoms with van der Waals surface area (Å²) in [6, 6.07) is 21.8. The molecule has 0 saturated carbocycles. The van der Waals surface area contributed by atoms with Gasteiger partial charge in [-0.25, -0.2) is 4.79 Å². The van der Waals surface area contributed by atoms with Gasteiger partial charge in [-0.2, -0.15) is 0 Å². The van der Waals surface area contributed by atoms with Gasteiger partial charge in [0.1, 0.15) is 5.75 Å². The second kappa shape index (κ2) is 16.3. The summed E-state index contributed by atoms with van der Waals surface area (Å²) < 4.78 is 11.4. The molecule has 0 aromatic heterocycles. The lowest BCUT2D eigenvalue weighted by Crippen LogP contribution is -2.33. The van der Waals surface area contributed by atoms with Crippen molar-refractivity contribution in [3.8, 4) is 28.0 Å². The van der Waals surface area contributed by atoms with E-state index in [2.05, 4.69) is 75.0 Å². The number of carbonyl (C=O) groups excluding carboxylic acids is 1. The number of hydrogen-bond donors (Lipinski definition) is 2. The lowest BCUT2D eigenvalue weighted by Gasteiger charge is -2.25. The SMILES string of the molecule is C=C(C)C(=O)OCCCc1cc(-c2ccc(-c3ccc(CCCCC)cc3)cc2CC)ccc1OCC(C)(CO)CO. The predicted octanol–water partition coefficient (Wildman–Crippen LogP) is 7.74. The summed E-state index contributed by atoms with van der Waals surface area (Å²) in [5.41, 5.74) is 7.99. The van der Waals surface area contributed by atoms with Crippen molar-refractivity contribution in [1.82, 2.24) is 0 Å². The molecule has 0 amide bonds. The second-order valence-electron chi connectivity index (χ2n) is 11.6. The molecule has 0 unspecified atom stereocenters. The molecule has 2 N–H and O–H groups in total. The number of aliphatic hydroxyl groups excluding tert-OH is 2. The maximum Gasteiger partial charge on any atom is 0.333 e. The molecule has 0 aliphatic rings. The molecule has 5 nitrogen and oxygen atoms in total. The Morgan fingerprint density at radius 1 is 0.833 bits per heavy atom. The maximum atomic E-state index is 11.8. The van der Waals surface area contributed by atoms with E-state index in [0.29, 0.717) is 24.2 Å². The van der Waals surface area contributed by atoms with Crippen LogP contribution in [0.2, 0.25) is 0 Å². The Morgan fingerprint density at radius 2 is 1.50 bits per heavy atom. The van der Waals surface area contributed by atoms with Gasteiger partial charge in [-0.1, -0.05) is 88.7 Å². The molecule has 0 aliphatic heterocycles. The number of esters is 1. The zero-order valence-electron chi connectivity index (χ0n) is 25.9. The Bertz CT molecular complexity index is 1300. The third-order valence-electron chi connectivity index (χ3n) is 7.73. The number of ether oxygens (including phenoxy) is 2. The van der Waals surface area contributed by atoms with Gasteiger partial charge in [0.2, 0.25) is 0 Å². The van der Waals surface area contributed by atoms with Crippen molar-refractivity contribution < 1.29 is 24.5 Å². The molecule has 3 rings (SSSR count). The predicted molar refractivity (Wildman–Crippen MR) is 172 cm³/mol. The van der Waals surface area contributed by atoms with Crippen LogP contribution in [0.3, 0.4) is 0 Å². The van der Waals surface area contributed by atoms with Crippen LogP contribution in [0.25, 0.3) is 22.3 Å². The zero-order chi connectivity index (χ0) is 30.5. The van der Waals surface area contributed by atoms with Crippen LogP contribution >= 0.6 is 0 Å². The first-order chi connectivity index (χ1) is 20.2. The minimum atomic E-state index is -0.744. The minimum Gasteiger partial charge on any atom is -0.493 e. The number of unbranched alkanes of at least 4 members (excludes halogenated alkanes) is 2. The number of aliphatic hydroxyl groups is 2. The molecule has 0 radical (unpaired) electrons. The van der Waals surface area contributed by atoms with Gasteiger partial charge in [-0.05, 0) is 90.1 Å². The highest BCUT2D eigenvalue weighted by molar-refractivity contribution is 5.86. The largest absolute Gasteiger partial charge is 0.493 e. The summed E-state index contributed by atoms with van der Waals surface area (Å²) in [5, 5.41) is 19.4. The van der Waals surface area contributed by atoms with Gasteiger partial charge in [0, 0.05) is 11.0 Å². The van der Waals surface area contributed by atoms with Crippen molar-refractivity contribution in [2.24, 2.45) is 5.41 Å². The Balaban J connectivity index is 1.85. The fourth-order valence-corrected chi connectivity index (χ4v) is 4.82. The molecule has 0 atom stereocenters. The molecular weight excluding hydrogens is 524 g/mol. The first-order valence-corrected chi connectivity index (χ1v) is 15.3. The van der Waals surface area contributed by atoms with E-state index in [1.165, 1.54) is 47.1 Å². The van der Waals surface area contributed by atoms with Gasteiger partial charge >= 0.3 is 5.97 Å². The van der Waals surface area contributed by atoms with E-state index in [9.17, 15) is 15.0 Å². The summed E-state index contributed by atoms with van der Waals surface area (Å²) in [4.78, 5) is 11.8. The molecule has 0 fully saturated rings. The van der Waals surface area contributed by atoms with Crippen LogP contribution in [0.15, 0.2) is 72.8 Å². The van der Waals surface area contributed by atoms with E-state index in [4.69, 9.17) is 9.47 Å². The van der Waals surface area contributed by atoms with E-state index < -0.39 is 5.41 Å². The fraction of sp³-hybridized carbons (Fsp3) is 0.432. The monoisotopic (exact) mass is 572 g/mol. The second-order valence-corrected chi connectivity index (χ2v) is 11.6. The van der Waals surface area contributed by atoms with Gasteiger partial charge in [0.15, 0.2) is 0 Å². The van der Waals surface area contributed by atoms with Crippen molar-refractivity contribution in [3.63, 3.8) is 0 Å². The van der Waals surface area contributed by atoms with E-state index in [-0.39, 0.29) is 32.4 Å². The molecule has 0 bridgehead atoms. The molecule has 226 valence electrons. The summed E-state index contributed by atoms with van der Waals surface area (Å²) in [6.07, 6.45) is 7.04. The molecule has 0 heterocycles. The van der Waals surface area contributed by atoms with Crippen molar-refractivity contribution in [2.45, 2.75) is 72.6 Å². The van der Waals surface area contributed by atoms with Crippen LogP contribution in [-0.2, 0) is 28.8 Å². The van der Waals surface area contributed by atoms with Crippen molar-refractivity contribution >= 4 is 5.97 Å². The Kier molecular flexibility index (Phi) is 12.8. The summed E-state index contributed by atoms with van der Waals surface area (Å²) >= 11 is 0. The topological polar surface area (TPSA) is 76.0 Å². The molecule has 42 heavy (non-hydrogen) atoms. The van der Waals surface area contributed by atoms with Gasteiger partial charge in [0.25, 0.3) is 0 Å². The highest BCUT2D eigenvalue weighted by atomic mass is 16.5. The molecule has 5 heteroatoms. The van der Waals surface area contributed by atoms with Gasteiger partial charge in [-0.3, -0.25) is 0 Å². The third kappa shape index (κ3) is 9.30. The average Bonchev–Trinajstić information content (AvgIpc) is 3.02. The first-order valence-electron chi connectivity index (χ1n) is 15.3. The van der Waals surface area contributed by atoms with Crippen molar-refractivity contribution in [3.05, 3.63) is 89.5 Å². The van der Waals surface area contributed by atoms with E-state index in [1.54, 1.807) is 13.8 Å². The van der Waals surface area contributed by atoms with E-state index in [1.807, 2.05) is 6.07 Å². The lowest BCUT2D eigenvalue weighted by atomic mass is 9.91. The number of carbonyl (C=O) groups is 1. The van der Waals surface area contributed by atoms with Crippen LogP contribution in [0, 0.1) is 5.41 Å². The Morgan fingerprint density at radius 3 is 2.14 bits per heavy atom. The first kappa shape index (κ1) is 33.1. The summed E-state index contributed by atoms with van der Waals surface area (Å²) in [6.45, 7) is 11.6. The molecule has 0 saturated heterocycles. The van der Waals surface area contributed by atoms with Crippen LogP contribution in [0.1, 0.15) is 70.1 Å². The number of aryl methyl sites for hydroxylation is 3. The van der Waals surface area contributed by atoms with Crippen LogP contribution in [0.5, 0.6) is 5.75 Å². The summed E-state index contributed by atoms with van der Waals surface area (Å²) in [7, 11) is 0. The van der Waals surface area contributed by atoms with Gasteiger partial charge in [-0.15, -0.1) is 0 Å². The van der Waals surface area contributed by atoms with Crippen molar-refractivity contribution in [2.75, 3.05) is 26.4 Å². The quantitative estimate of drug-likeness (QED) is 0.0983. The lowest BCUT2D eigenvalue weighted by molar-refractivity contribution is -0.139. The zero-order valence-corrected chi connectivity index (χ0v) is 25.9. The van der Waals surface area contributed by atoms with Crippen LogP contribution < -0.4 is 4.74 Å². The van der Waals surface area contributed by atoms with Crippen LogP contribution in [-0.4, -0.2) is 42.6 Å². The van der Waals surface area contributed by atoms with Crippen molar-refractivity contribution in [1.29, 1.82) is 0 Å². The Hall–Kier alpha value is -3.41. The number of hydrogen-bond acceptors (Lipinski definition) is 5. The van der Waals surface area contributed by atoms with E-state index in [0.717, 1.165) is 24.0 Å². The molecule has 0 spiro atoms. The standard InChI is InChI=1S/C37H48O5/c1-6-8-9-11-28-13-15-30(16-14-28)31-17-19-34(29(7-2)22-31)32-18-20-35(42-26-37(5,24-38)25-39)33(23-32)12-10-21-41-36(40)27(3)4/h13-20,22-23,38-39H,3,6-12,21,24-26H2,1-2,4-5H3. The van der Waals surface area contributed by atoms with Gasteiger partial charge in [0.05, 0.1) is 26.4 Å². The molecule has 3 aromatic carbocycles. The maximum absolute atomic E-state index is 11.8. The highest BCUT2D eigenvalue weighted by Crippen LogP contribution is 2.34. The average molecular weight is 573 g/mol. The third-order valence-corrected chi connectivity index (χ3v) is 7.73. The number of benzene rings is 3. The molecule has 0 aliphatic carbocycles. The molecule has 3 aromatic rings. The molecular formula is C37H48O5. The fourth-order valence-electron chi connectivity index (χ4n) is 4.82.